The van der Waals surface area contributed by atoms with Crippen molar-refractivity contribution in [1.82, 2.24) is 15.1 Å². The van der Waals surface area contributed by atoms with Gasteiger partial charge in [-0.3, -0.25) is 9.59 Å². The van der Waals surface area contributed by atoms with Gasteiger partial charge >= 0.3 is 0 Å². The van der Waals surface area contributed by atoms with Gasteiger partial charge in [0, 0.05) is 28.2 Å². The van der Waals surface area contributed by atoms with E-state index in [2.05, 4.69) is 15.7 Å². The molecule has 0 aliphatic heterocycles. The largest absolute Gasteiger partial charge is 0.342 e. The van der Waals surface area contributed by atoms with E-state index in [4.69, 9.17) is 11.6 Å². The number of carbonyl (C=O) groups is 2. The van der Waals surface area contributed by atoms with Crippen LogP contribution in [0.5, 0.6) is 0 Å². The summed E-state index contributed by atoms with van der Waals surface area (Å²) in [5.41, 5.74) is 1.44. The lowest BCUT2D eigenvalue weighted by Crippen LogP contribution is -2.32. The van der Waals surface area contributed by atoms with Crippen molar-refractivity contribution in [2.45, 2.75) is 0 Å². The van der Waals surface area contributed by atoms with Gasteiger partial charge in [0.1, 0.15) is 4.88 Å². The molecule has 0 spiro atoms. The van der Waals surface area contributed by atoms with E-state index in [9.17, 15) is 9.59 Å². The Morgan fingerprint density at radius 1 is 1.11 bits per heavy atom. The maximum atomic E-state index is 12.4. The number of hydrogen-bond acceptors (Lipinski definition) is 4. The molecule has 0 aliphatic rings. The van der Waals surface area contributed by atoms with Crippen LogP contribution in [-0.4, -0.2) is 28.1 Å². The average Bonchev–Trinajstić information content (AvgIpc) is 3.35. The SMILES string of the molecule is O=C(CNC(=O)c1sc2ccccc2c1Cl)Nc1cccc(-n2cccn2)c1. The van der Waals surface area contributed by atoms with Gasteiger partial charge in [-0.2, -0.15) is 5.10 Å². The zero-order valence-corrected chi connectivity index (χ0v) is 16.1. The maximum absolute atomic E-state index is 12.4. The number of rotatable bonds is 5. The van der Waals surface area contributed by atoms with Gasteiger partial charge in [-0.15, -0.1) is 11.3 Å². The highest BCUT2D eigenvalue weighted by Gasteiger charge is 2.17. The molecule has 8 heteroatoms. The summed E-state index contributed by atoms with van der Waals surface area (Å²) in [7, 11) is 0. The Bertz CT molecular complexity index is 1150. The third-order valence-corrected chi connectivity index (χ3v) is 5.72. The fourth-order valence-corrected chi connectivity index (χ4v) is 4.19. The van der Waals surface area contributed by atoms with Crippen molar-refractivity contribution in [3.05, 3.63) is 76.9 Å². The minimum Gasteiger partial charge on any atom is -0.342 e. The number of thiophene rings is 1. The second-order valence-electron chi connectivity index (χ2n) is 5.97. The van der Waals surface area contributed by atoms with Gasteiger partial charge < -0.3 is 10.6 Å². The molecular weight excluding hydrogens is 396 g/mol. The topological polar surface area (TPSA) is 76.0 Å². The van der Waals surface area contributed by atoms with Crippen LogP contribution in [0.1, 0.15) is 9.67 Å². The van der Waals surface area contributed by atoms with Gasteiger partial charge in [-0.05, 0) is 30.3 Å². The van der Waals surface area contributed by atoms with Crippen molar-refractivity contribution in [2.75, 3.05) is 11.9 Å². The number of anilines is 1. The molecule has 28 heavy (non-hydrogen) atoms. The standard InChI is InChI=1S/C20H15ClN4O2S/c21-18-15-7-1-2-8-16(15)28-19(18)20(27)22-12-17(26)24-13-5-3-6-14(11-13)25-10-4-9-23-25/h1-11H,12H2,(H,22,27)(H,24,26). The van der Waals surface area contributed by atoms with Crippen molar-refractivity contribution in [1.29, 1.82) is 0 Å². The van der Waals surface area contributed by atoms with E-state index in [-0.39, 0.29) is 18.4 Å². The monoisotopic (exact) mass is 410 g/mol. The summed E-state index contributed by atoms with van der Waals surface area (Å²) < 4.78 is 2.62. The molecule has 0 aliphatic carbocycles. The molecule has 2 aromatic heterocycles. The van der Waals surface area contributed by atoms with E-state index in [0.717, 1.165) is 15.8 Å². The molecule has 0 saturated heterocycles. The molecule has 2 amide bonds. The second kappa shape index (κ2) is 7.84. The first-order valence-corrected chi connectivity index (χ1v) is 9.66. The van der Waals surface area contributed by atoms with Gasteiger partial charge in [0.2, 0.25) is 5.91 Å². The maximum Gasteiger partial charge on any atom is 0.263 e. The average molecular weight is 411 g/mol. The van der Waals surface area contributed by atoms with Gasteiger partial charge in [0.15, 0.2) is 0 Å². The second-order valence-corrected chi connectivity index (χ2v) is 7.40. The Hall–Kier alpha value is -3.16. The molecule has 4 aromatic rings. The minimum absolute atomic E-state index is 0.157. The number of nitrogens with zero attached hydrogens (tertiary/aromatic N) is 2. The molecule has 2 aromatic carbocycles. The highest BCUT2D eigenvalue weighted by atomic mass is 35.5. The molecule has 4 rings (SSSR count). The molecule has 0 saturated carbocycles. The summed E-state index contributed by atoms with van der Waals surface area (Å²) >= 11 is 7.61. The van der Waals surface area contributed by atoms with Crippen LogP contribution in [0.2, 0.25) is 5.02 Å². The Balaban J connectivity index is 1.40. The zero-order valence-electron chi connectivity index (χ0n) is 14.6. The minimum atomic E-state index is -0.369. The normalized spacial score (nSPS) is 10.8. The van der Waals surface area contributed by atoms with Crippen LogP contribution in [0.4, 0.5) is 5.69 Å². The third-order valence-electron chi connectivity index (χ3n) is 4.05. The predicted molar refractivity (Wildman–Crippen MR) is 111 cm³/mol. The Morgan fingerprint density at radius 2 is 1.96 bits per heavy atom. The smallest absolute Gasteiger partial charge is 0.263 e. The fraction of sp³-hybridized carbons (Fsp3) is 0.0500. The molecule has 2 N–H and O–H groups in total. The van der Waals surface area contributed by atoms with E-state index >= 15 is 0 Å². The lowest BCUT2D eigenvalue weighted by molar-refractivity contribution is -0.115. The third kappa shape index (κ3) is 3.76. The lowest BCUT2D eigenvalue weighted by Gasteiger charge is -2.08. The van der Waals surface area contributed by atoms with Crippen LogP contribution in [0.15, 0.2) is 67.0 Å². The number of hydrogen-bond donors (Lipinski definition) is 2. The Labute approximate surface area is 169 Å². The molecule has 0 fully saturated rings. The van der Waals surface area contributed by atoms with Crippen molar-refractivity contribution < 1.29 is 9.59 Å². The predicted octanol–water partition coefficient (Wildman–Crippen LogP) is 4.11. The number of fused-ring (bicyclic) bond motifs is 1. The summed E-state index contributed by atoms with van der Waals surface area (Å²) in [6.07, 6.45) is 3.50. The Morgan fingerprint density at radius 3 is 2.75 bits per heavy atom. The molecule has 0 radical (unpaired) electrons. The summed E-state index contributed by atoms with van der Waals surface area (Å²) in [6.45, 7) is -0.157. The van der Waals surface area contributed by atoms with Gasteiger partial charge in [-0.25, -0.2) is 4.68 Å². The highest BCUT2D eigenvalue weighted by molar-refractivity contribution is 7.21. The zero-order chi connectivity index (χ0) is 19.5. The lowest BCUT2D eigenvalue weighted by atomic mass is 10.2. The number of amides is 2. The molecular formula is C20H15ClN4O2S. The van der Waals surface area contributed by atoms with Crippen molar-refractivity contribution in [3.63, 3.8) is 0 Å². The van der Waals surface area contributed by atoms with E-state index in [1.54, 1.807) is 23.0 Å². The number of halogens is 1. The van der Waals surface area contributed by atoms with Crippen LogP contribution >= 0.6 is 22.9 Å². The highest BCUT2D eigenvalue weighted by Crippen LogP contribution is 2.34. The van der Waals surface area contributed by atoms with Crippen LogP contribution in [0.3, 0.4) is 0 Å². The summed E-state index contributed by atoms with van der Waals surface area (Å²) in [4.78, 5) is 25.0. The van der Waals surface area contributed by atoms with Gasteiger partial charge in [0.25, 0.3) is 5.91 Å². The van der Waals surface area contributed by atoms with E-state index in [0.29, 0.717) is 15.6 Å². The first-order chi connectivity index (χ1) is 13.6. The number of nitrogens with one attached hydrogen (secondary N) is 2. The molecule has 6 nitrogen and oxygen atoms in total. The Kier molecular flexibility index (Phi) is 5.10. The molecule has 0 unspecified atom stereocenters. The van der Waals surface area contributed by atoms with Crippen molar-refractivity contribution in [3.8, 4) is 5.69 Å². The van der Waals surface area contributed by atoms with E-state index < -0.39 is 0 Å². The molecule has 140 valence electrons. The molecule has 2 heterocycles. The van der Waals surface area contributed by atoms with Crippen LogP contribution in [0, 0.1) is 0 Å². The molecule has 0 atom stereocenters. The summed E-state index contributed by atoms with van der Waals surface area (Å²) in [5, 5.41) is 10.8. The van der Waals surface area contributed by atoms with E-state index in [1.165, 1.54) is 11.3 Å². The first kappa shape index (κ1) is 18.2. The van der Waals surface area contributed by atoms with Crippen molar-refractivity contribution in [2.24, 2.45) is 0 Å². The van der Waals surface area contributed by atoms with Gasteiger partial charge in [-0.1, -0.05) is 35.9 Å². The van der Waals surface area contributed by atoms with Crippen LogP contribution in [0.25, 0.3) is 15.8 Å². The number of carbonyl (C=O) groups excluding carboxylic acids is 2. The number of aromatic nitrogens is 2. The van der Waals surface area contributed by atoms with Gasteiger partial charge in [0.05, 0.1) is 17.3 Å². The van der Waals surface area contributed by atoms with Crippen molar-refractivity contribution >= 4 is 50.5 Å². The van der Waals surface area contributed by atoms with Crippen LogP contribution in [-0.2, 0) is 4.79 Å². The summed E-state index contributed by atoms with van der Waals surface area (Å²) in [5.74, 6) is -0.699. The fourth-order valence-electron chi connectivity index (χ4n) is 2.75. The van der Waals surface area contributed by atoms with Crippen LogP contribution < -0.4 is 10.6 Å². The van der Waals surface area contributed by atoms with E-state index in [1.807, 2.05) is 48.7 Å². The quantitative estimate of drug-likeness (QED) is 0.520. The molecule has 0 bridgehead atoms. The first-order valence-electron chi connectivity index (χ1n) is 8.47. The number of benzene rings is 2. The summed E-state index contributed by atoms with van der Waals surface area (Å²) in [6, 6.07) is 16.6.